The molecule has 1 aliphatic carbocycles. The Labute approximate surface area is 136 Å². The molecule has 6 heteroatoms. The van der Waals surface area contributed by atoms with Crippen LogP contribution in [0.25, 0.3) is 5.70 Å². The number of carbonyl (C=O) groups excluding carboxylic acids is 1. The SMILES string of the molecule is CCOC(=O)CC1CCC(/C(N)=C2/NC=Nc3[nH]ccc32)CC1. The highest BCUT2D eigenvalue weighted by atomic mass is 16.5. The minimum absolute atomic E-state index is 0.0793. The van der Waals surface area contributed by atoms with Crippen LogP contribution in [0.3, 0.4) is 0 Å². The number of nitrogens with two attached hydrogens (primary N) is 1. The number of carbonyl (C=O) groups is 1. The van der Waals surface area contributed by atoms with Crippen molar-refractivity contribution in [1.29, 1.82) is 0 Å². The molecule has 2 aliphatic rings. The van der Waals surface area contributed by atoms with Crippen LogP contribution in [0, 0.1) is 11.8 Å². The summed E-state index contributed by atoms with van der Waals surface area (Å²) >= 11 is 0. The molecular weight excluding hydrogens is 292 g/mol. The van der Waals surface area contributed by atoms with Gasteiger partial charge in [0.05, 0.1) is 18.6 Å². The number of ether oxygens (including phenoxy) is 1. The van der Waals surface area contributed by atoms with Crippen molar-refractivity contribution in [3.05, 3.63) is 23.5 Å². The molecule has 1 saturated carbocycles. The highest BCUT2D eigenvalue weighted by molar-refractivity contribution is 5.87. The predicted molar refractivity (Wildman–Crippen MR) is 89.9 cm³/mol. The average Bonchev–Trinajstić information content (AvgIpc) is 3.03. The Morgan fingerprint density at radius 2 is 2.17 bits per heavy atom. The third-order valence-corrected chi connectivity index (χ3v) is 4.73. The number of hydrogen-bond acceptors (Lipinski definition) is 5. The van der Waals surface area contributed by atoms with Gasteiger partial charge in [-0.3, -0.25) is 4.79 Å². The molecule has 23 heavy (non-hydrogen) atoms. The van der Waals surface area contributed by atoms with Crippen LogP contribution in [0.15, 0.2) is 23.0 Å². The Kier molecular flexibility index (Phi) is 4.69. The van der Waals surface area contributed by atoms with E-state index in [1.807, 2.05) is 19.2 Å². The Bertz CT molecular complexity index is 624. The zero-order chi connectivity index (χ0) is 16.2. The van der Waals surface area contributed by atoms with E-state index in [1.54, 1.807) is 6.34 Å². The molecule has 1 aromatic heterocycles. The Morgan fingerprint density at radius 3 is 2.91 bits per heavy atom. The van der Waals surface area contributed by atoms with Gasteiger partial charge in [-0.2, -0.15) is 0 Å². The van der Waals surface area contributed by atoms with Gasteiger partial charge in [-0.1, -0.05) is 0 Å². The number of esters is 1. The number of aromatic amines is 1. The maximum Gasteiger partial charge on any atom is 0.306 e. The Morgan fingerprint density at radius 1 is 1.39 bits per heavy atom. The molecule has 0 spiro atoms. The average molecular weight is 316 g/mol. The summed E-state index contributed by atoms with van der Waals surface area (Å²) in [6.45, 7) is 2.30. The van der Waals surface area contributed by atoms with Crippen LogP contribution in [0.4, 0.5) is 5.82 Å². The Hall–Kier alpha value is -2.24. The van der Waals surface area contributed by atoms with Crippen molar-refractivity contribution < 1.29 is 9.53 Å². The monoisotopic (exact) mass is 316 g/mol. The van der Waals surface area contributed by atoms with Gasteiger partial charge in [-0.15, -0.1) is 0 Å². The van der Waals surface area contributed by atoms with Crippen molar-refractivity contribution in [2.24, 2.45) is 22.6 Å². The lowest BCUT2D eigenvalue weighted by Crippen LogP contribution is -2.26. The first-order chi connectivity index (χ1) is 11.2. The van der Waals surface area contributed by atoms with E-state index >= 15 is 0 Å². The van der Waals surface area contributed by atoms with Gasteiger partial charge < -0.3 is 20.8 Å². The molecule has 1 aromatic rings. The van der Waals surface area contributed by atoms with E-state index in [0.717, 1.165) is 48.5 Å². The first-order valence-corrected chi connectivity index (χ1v) is 8.31. The zero-order valence-electron chi connectivity index (χ0n) is 13.5. The van der Waals surface area contributed by atoms with Gasteiger partial charge in [0.1, 0.15) is 5.82 Å². The van der Waals surface area contributed by atoms with E-state index in [0.29, 0.717) is 24.9 Å². The molecule has 0 unspecified atom stereocenters. The van der Waals surface area contributed by atoms with Gasteiger partial charge in [-0.05, 0) is 44.6 Å². The van der Waals surface area contributed by atoms with E-state index in [1.165, 1.54) is 0 Å². The normalized spacial score (nSPS) is 25.4. The molecule has 0 saturated heterocycles. The number of rotatable bonds is 4. The number of aromatic nitrogens is 1. The summed E-state index contributed by atoms with van der Waals surface area (Å²) in [6, 6.07) is 1.99. The van der Waals surface area contributed by atoms with Crippen molar-refractivity contribution in [3.8, 4) is 0 Å². The molecule has 0 bridgehead atoms. The summed E-state index contributed by atoms with van der Waals surface area (Å²) in [4.78, 5) is 19.0. The minimum Gasteiger partial charge on any atom is -0.466 e. The van der Waals surface area contributed by atoms with Crippen LogP contribution >= 0.6 is 0 Å². The van der Waals surface area contributed by atoms with Crippen LogP contribution in [0.1, 0.15) is 44.6 Å². The first kappa shape index (κ1) is 15.6. The summed E-state index contributed by atoms with van der Waals surface area (Å²) in [6.07, 6.45) is 8.14. The number of nitrogens with zero attached hydrogens (tertiary/aromatic N) is 1. The van der Waals surface area contributed by atoms with E-state index in [9.17, 15) is 4.79 Å². The number of nitrogens with one attached hydrogen (secondary N) is 2. The van der Waals surface area contributed by atoms with Gasteiger partial charge in [0, 0.05) is 29.8 Å². The molecule has 0 radical (unpaired) electrons. The minimum atomic E-state index is -0.0793. The maximum atomic E-state index is 11.6. The van der Waals surface area contributed by atoms with Crippen molar-refractivity contribution >= 4 is 23.8 Å². The lowest BCUT2D eigenvalue weighted by Gasteiger charge is -2.30. The fourth-order valence-electron chi connectivity index (χ4n) is 3.48. The molecule has 0 aromatic carbocycles. The summed E-state index contributed by atoms with van der Waals surface area (Å²) in [7, 11) is 0. The molecule has 2 heterocycles. The van der Waals surface area contributed by atoms with Gasteiger partial charge in [-0.25, -0.2) is 4.99 Å². The summed E-state index contributed by atoms with van der Waals surface area (Å²) in [5, 5.41) is 3.19. The lowest BCUT2D eigenvalue weighted by atomic mass is 9.78. The van der Waals surface area contributed by atoms with Gasteiger partial charge >= 0.3 is 5.97 Å². The van der Waals surface area contributed by atoms with Crippen molar-refractivity contribution in [1.82, 2.24) is 10.3 Å². The van der Waals surface area contributed by atoms with E-state index in [4.69, 9.17) is 10.5 Å². The maximum absolute atomic E-state index is 11.6. The fraction of sp³-hybridized carbons (Fsp3) is 0.529. The number of aliphatic imine (C=N–C) groups is 1. The molecule has 0 atom stereocenters. The molecular formula is C17H24N4O2. The second kappa shape index (κ2) is 6.89. The van der Waals surface area contributed by atoms with Gasteiger partial charge in [0.25, 0.3) is 0 Å². The van der Waals surface area contributed by atoms with Crippen LogP contribution in [0.2, 0.25) is 0 Å². The van der Waals surface area contributed by atoms with E-state index in [-0.39, 0.29) is 5.97 Å². The molecule has 4 N–H and O–H groups in total. The van der Waals surface area contributed by atoms with Gasteiger partial charge in [0.15, 0.2) is 0 Å². The standard InChI is InChI=1S/C17H24N4O2/c1-2-23-14(22)9-11-3-5-12(6-4-11)15(18)16-13-7-8-19-17(13)21-10-20-16/h7-8,10-12,19H,2-6,9,18H2,1H3,(H,20,21)/b16-15-. The van der Waals surface area contributed by atoms with Crippen LogP contribution in [-0.4, -0.2) is 23.9 Å². The Balaban J connectivity index is 1.63. The van der Waals surface area contributed by atoms with Crippen molar-refractivity contribution in [3.63, 3.8) is 0 Å². The third-order valence-electron chi connectivity index (χ3n) is 4.73. The van der Waals surface area contributed by atoms with Crippen LogP contribution < -0.4 is 11.1 Å². The third kappa shape index (κ3) is 3.41. The zero-order valence-corrected chi connectivity index (χ0v) is 13.5. The predicted octanol–water partition coefficient (Wildman–Crippen LogP) is 2.66. The highest BCUT2D eigenvalue weighted by Crippen LogP contribution is 2.37. The molecule has 1 aliphatic heterocycles. The van der Waals surface area contributed by atoms with Gasteiger partial charge in [0.2, 0.25) is 0 Å². The van der Waals surface area contributed by atoms with Crippen LogP contribution in [0.5, 0.6) is 0 Å². The number of H-pyrrole nitrogens is 1. The quantitative estimate of drug-likeness (QED) is 0.745. The highest BCUT2D eigenvalue weighted by Gasteiger charge is 2.27. The largest absolute Gasteiger partial charge is 0.466 e. The van der Waals surface area contributed by atoms with E-state index < -0.39 is 0 Å². The molecule has 1 fully saturated rings. The summed E-state index contributed by atoms with van der Waals surface area (Å²) in [5.41, 5.74) is 9.33. The number of allylic oxidation sites excluding steroid dienone is 1. The van der Waals surface area contributed by atoms with Crippen LogP contribution in [-0.2, 0) is 9.53 Å². The second-order valence-corrected chi connectivity index (χ2v) is 6.20. The fourth-order valence-corrected chi connectivity index (χ4v) is 3.48. The lowest BCUT2D eigenvalue weighted by molar-refractivity contribution is -0.144. The van der Waals surface area contributed by atoms with Crippen molar-refractivity contribution in [2.45, 2.75) is 39.0 Å². The molecule has 124 valence electrons. The summed E-state index contributed by atoms with van der Waals surface area (Å²) < 4.78 is 5.04. The topological polar surface area (TPSA) is 92.5 Å². The summed E-state index contributed by atoms with van der Waals surface area (Å²) in [5.74, 6) is 1.54. The molecule has 6 nitrogen and oxygen atoms in total. The smallest absolute Gasteiger partial charge is 0.306 e. The number of fused-ring (bicyclic) bond motifs is 1. The van der Waals surface area contributed by atoms with E-state index in [2.05, 4.69) is 15.3 Å². The number of hydrogen-bond donors (Lipinski definition) is 3. The second-order valence-electron chi connectivity index (χ2n) is 6.20. The molecule has 0 amide bonds. The van der Waals surface area contributed by atoms with Crippen molar-refractivity contribution in [2.75, 3.05) is 6.61 Å². The first-order valence-electron chi connectivity index (χ1n) is 8.31. The molecule has 3 rings (SSSR count).